The van der Waals surface area contributed by atoms with Crippen LogP contribution in [0.2, 0.25) is 0 Å². The standard InChI is InChI=1S/C11H13N3O2S.ClH/c1-12-6-10(15)13-5-8-7-17-11(14-8)9-3-2-4-16-9;/h2-4,7,12H,5-6H2,1H3,(H,13,15);1H. The zero-order valence-corrected chi connectivity index (χ0v) is 11.4. The smallest absolute Gasteiger partial charge is 0.234 e. The summed E-state index contributed by atoms with van der Waals surface area (Å²) in [5.41, 5.74) is 0.839. The van der Waals surface area contributed by atoms with Gasteiger partial charge in [-0.2, -0.15) is 0 Å². The second-order valence-electron chi connectivity index (χ2n) is 3.43. The van der Waals surface area contributed by atoms with Crippen LogP contribution in [0, 0.1) is 0 Å². The predicted molar refractivity (Wildman–Crippen MR) is 72.8 cm³/mol. The van der Waals surface area contributed by atoms with Crippen LogP contribution in [-0.4, -0.2) is 24.5 Å². The van der Waals surface area contributed by atoms with E-state index >= 15 is 0 Å². The number of likely N-dealkylation sites (N-methyl/N-ethyl adjacent to an activating group) is 1. The van der Waals surface area contributed by atoms with Gasteiger partial charge in [0, 0.05) is 5.38 Å². The highest BCUT2D eigenvalue weighted by Gasteiger charge is 2.07. The molecule has 0 aliphatic heterocycles. The van der Waals surface area contributed by atoms with E-state index < -0.39 is 0 Å². The molecule has 0 saturated heterocycles. The minimum Gasteiger partial charge on any atom is -0.462 e. The van der Waals surface area contributed by atoms with Gasteiger partial charge in [-0.3, -0.25) is 4.79 Å². The first kappa shape index (κ1) is 14.7. The molecule has 0 saturated carbocycles. The number of halogens is 1. The van der Waals surface area contributed by atoms with Crippen LogP contribution in [-0.2, 0) is 11.3 Å². The van der Waals surface area contributed by atoms with Crippen molar-refractivity contribution in [1.29, 1.82) is 0 Å². The number of carbonyl (C=O) groups is 1. The van der Waals surface area contributed by atoms with Crippen molar-refractivity contribution in [2.45, 2.75) is 6.54 Å². The average molecular weight is 288 g/mol. The summed E-state index contributed by atoms with van der Waals surface area (Å²) < 4.78 is 5.25. The number of aromatic nitrogens is 1. The zero-order chi connectivity index (χ0) is 12.1. The van der Waals surface area contributed by atoms with Gasteiger partial charge in [-0.25, -0.2) is 4.98 Å². The summed E-state index contributed by atoms with van der Waals surface area (Å²) in [6.07, 6.45) is 1.62. The Labute approximate surface area is 115 Å². The maximum atomic E-state index is 11.2. The Morgan fingerprint density at radius 3 is 3.06 bits per heavy atom. The summed E-state index contributed by atoms with van der Waals surface area (Å²) in [5.74, 6) is 0.711. The normalized spacial score (nSPS) is 9.83. The fraction of sp³-hybridized carbons (Fsp3) is 0.273. The lowest BCUT2D eigenvalue weighted by molar-refractivity contribution is -0.120. The number of hydrogen-bond donors (Lipinski definition) is 2. The van der Waals surface area contributed by atoms with Gasteiger partial charge in [-0.15, -0.1) is 23.7 Å². The molecule has 2 rings (SSSR count). The van der Waals surface area contributed by atoms with Gasteiger partial charge in [0.2, 0.25) is 5.91 Å². The lowest BCUT2D eigenvalue weighted by Gasteiger charge is -2.01. The van der Waals surface area contributed by atoms with Gasteiger partial charge in [0.05, 0.1) is 25.0 Å². The molecule has 0 aliphatic rings. The van der Waals surface area contributed by atoms with E-state index in [0.29, 0.717) is 13.1 Å². The molecule has 2 heterocycles. The summed E-state index contributed by atoms with van der Waals surface area (Å²) in [6, 6.07) is 3.69. The van der Waals surface area contributed by atoms with Crippen LogP contribution in [0.3, 0.4) is 0 Å². The predicted octanol–water partition coefficient (Wildman–Crippen LogP) is 1.66. The lowest BCUT2D eigenvalue weighted by atomic mass is 10.4. The Bertz CT molecular complexity index is 484. The van der Waals surface area contributed by atoms with Crippen molar-refractivity contribution in [3.63, 3.8) is 0 Å². The molecule has 18 heavy (non-hydrogen) atoms. The number of thiazole rings is 1. The Morgan fingerprint density at radius 2 is 2.39 bits per heavy atom. The molecule has 0 atom stereocenters. The summed E-state index contributed by atoms with van der Waals surface area (Å²) in [4.78, 5) is 15.6. The van der Waals surface area contributed by atoms with Gasteiger partial charge in [-0.1, -0.05) is 0 Å². The third kappa shape index (κ3) is 3.83. The van der Waals surface area contributed by atoms with Crippen LogP contribution in [0.25, 0.3) is 10.8 Å². The van der Waals surface area contributed by atoms with E-state index in [0.717, 1.165) is 16.5 Å². The minimum absolute atomic E-state index is 0. The van der Waals surface area contributed by atoms with Crippen LogP contribution in [0.1, 0.15) is 5.69 Å². The van der Waals surface area contributed by atoms with Crippen LogP contribution in [0.15, 0.2) is 28.2 Å². The number of carbonyl (C=O) groups excluding carboxylic acids is 1. The van der Waals surface area contributed by atoms with Gasteiger partial charge in [0.25, 0.3) is 0 Å². The Hall–Kier alpha value is -1.37. The van der Waals surface area contributed by atoms with Crippen LogP contribution >= 0.6 is 23.7 Å². The van der Waals surface area contributed by atoms with E-state index in [1.54, 1.807) is 13.3 Å². The first-order valence-corrected chi connectivity index (χ1v) is 6.07. The number of nitrogens with one attached hydrogen (secondary N) is 2. The van der Waals surface area contributed by atoms with Gasteiger partial charge >= 0.3 is 0 Å². The maximum Gasteiger partial charge on any atom is 0.234 e. The minimum atomic E-state index is -0.0416. The number of furan rings is 1. The van der Waals surface area contributed by atoms with Gasteiger partial charge in [0.1, 0.15) is 0 Å². The highest BCUT2D eigenvalue weighted by molar-refractivity contribution is 7.13. The molecule has 7 heteroatoms. The second kappa shape index (κ2) is 7.15. The third-order valence-corrected chi connectivity index (χ3v) is 2.99. The highest BCUT2D eigenvalue weighted by Crippen LogP contribution is 2.23. The number of hydrogen-bond acceptors (Lipinski definition) is 5. The molecule has 2 aromatic heterocycles. The molecule has 98 valence electrons. The lowest BCUT2D eigenvalue weighted by Crippen LogP contribution is -2.31. The van der Waals surface area contributed by atoms with Crippen molar-refractivity contribution in [2.24, 2.45) is 0 Å². The molecule has 0 aliphatic carbocycles. The first-order valence-electron chi connectivity index (χ1n) is 5.19. The fourth-order valence-corrected chi connectivity index (χ4v) is 2.10. The van der Waals surface area contributed by atoms with Gasteiger partial charge < -0.3 is 15.1 Å². The first-order chi connectivity index (χ1) is 8.29. The molecule has 0 radical (unpaired) electrons. The summed E-state index contributed by atoms with van der Waals surface area (Å²) in [5, 5.41) is 8.30. The van der Waals surface area contributed by atoms with E-state index in [9.17, 15) is 4.79 Å². The monoisotopic (exact) mass is 287 g/mol. The quantitative estimate of drug-likeness (QED) is 0.878. The number of nitrogens with zero attached hydrogens (tertiary/aromatic N) is 1. The molecule has 2 N–H and O–H groups in total. The van der Waals surface area contributed by atoms with E-state index in [1.807, 2.05) is 17.5 Å². The zero-order valence-electron chi connectivity index (χ0n) is 9.80. The van der Waals surface area contributed by atoms with E-state index in [1.165, 1.54) is 11.3 Å². The Kier molecular flexibility index (Phi) is 5.84. The molecule has 1 amide bonds. The van der Waals surface area contributed by atoms with E-state index in [-0.39, 0.29) is 18.3 Å². The van der Waals surface area contributed by atoms with Crippen LogP contribution in [0.5, 0.6) is 0 Å². The molecule has 5 nitrogen and oxygen atoms in total. The number of rotatable bonds is 5. The second-order valence-corrected chi connectivity index (χ2v) is 4.29. The molecule has 0 bridgehead atoms. The highest BCUT2D eigenvalue weighted by atomic mass is 35.5. The summed E-state index contributed by atoms with van der Waals surface area (Å²) in [6.45, 7) is 0.757. The molecule has 0 aromatic carbocycles. The van der Waals surface area contributed by atoms with E-state index in [4.69, 9.17) is 4.42 Å². The SMILES string of the molecule is CNCC(=O)NCc1csc(-c2ccco2)n1.Cl. The van der Waals surface area contributed by atoms with Crippen molar-refractivity contribution in [1.82, 2.24) is 15.6 Å². The molecule has 2 aromatic rings. The molecular formula is C11H14ClN3O2S. The summed E-state index contributed by atoms with van der Waals surface area (Å²) in [7, 11) is 1.73. The molecule has 0 unspecified atom stereocenters. The molecule has 0 spiro atoms. The van der Waals surface area contributed by atoms with E-state index in [2.05, 4.69) is 15.6 Å². The Balaban J connectivity index is 0.00000162. The van der Waals surface area contributed by atoms with Crippen molar-refractivity contribution in [3.05, 3.63) is 29.5 Å². The van der Waals surface area contributed by atoms with Crippen molar-refractivity contribution >= 4 is 29.7 Å². The van der Waals surface area contributed by atoms with Gasteiger partial charge in [0.15, 0.2) is 10.8 Å². The van der Waals surface area contributed by atoms with Crippen molar-refractivity contribution in [3.8, 4) is 10.8 Å². The fourth-order valence-electron chi connectivity index (χ4n) is 1.31. The summed E-state index contributed by atoms with van der Waals surface area (Å²) >= 11 is 1.50. The van der Waals surface area contributed by atoms with Crippen LogP contribution < -0.4 is 10.6 Å². The third-order valence-electron chi connectivity index (χ3n) is 2.09. The molecule has 0 fully saturated rings. The molecular weight excluding hydrogens is 274 g/mol. The van der Waals surface area contributed by atoms with Crippen LogP contribution in [0.4, 0.5) is 0 Å². The Morgan fingerprint density at radius 1 is 1.56 bits per heavy atom. The average Bonchev–Trinajstić information content (AvgIpc) is 2.97. The van der Waals surface area contributed by atoms with Gasteiger partial charge in [-0.05, 0) is 19.2 Å². The largest absolute Gasteiger partial charge is 0.462 e. The maximum absolute atomic E-state index is 11.2. The van der Waals surface area contributed by atoms with Crippen molar-refractivity contribution < 1.29 is 9.21 Å². The topological polar surface area (TPSA) is 67.2 Å². The number of amides is 1. The van der Waals surface area contributed by atoms with Crippen molar-refractivity contribution in [2.75, 3.05) is 13.6 Å².